The second-order valence-electron chi connectivity index (χ2n) is 4.80. The molecule has 2 atom stereocenters. The average molecular weight is 430 g/mol. The van der Waals surface area contributed by atoms with Crippen molar-refractivity contribution in [2.24, 2.45) is 11.8 Å². The van der Waals surface area contributed by atoms with Crippen molar-refractivity contribution in [2.45, 2.75) is 39.2 Å². The van der Waals surface area contributed by atoms with Gasteiger partial charge >= 0.3 is 0 Å². The quantitative estimate of drug-likeness (QED) is 0.615. The predicted molar refractivity (Wildman–Crippen MR) is 78.9 cm³/mol. The van der Waals surface area contributed by atoms with E-state index >= 15 is 0 Å². The summed E-state index contributed by atoms with van der Waals surface area (Å²) in [6.45, 7) is 4.74. The SMILES string of the molecule is CC1CC(C)CC(n2cnc(I)c2I)C1. The summed E-state index contributed by atoms with van der Waals surface area (Å²) in [4.78, 5) is 4.38. The van der Waals surface area contributed by atoms with Crippen molar-refractivity contribution in [3.8, 4) is 0 Å². The molecule has 0 spiro atoms. The summed E-state index contributed by atoms with van der Waals surface area (Å²) < 4.78 is 4.81. The summed E-state index contributed by atoms with van der Waals surface area (Å²) in [5.74, 6) is 1.71. The maximum Gasteiger partial charge on any atom is 0.132 e. The molecule has 1 fully saturated rings. The summed E-state index contributed by atoms with van der Waals surface area (Å²) >= 11 is 4.72. The Morgan fingerprint density at radius 2 is 1.80 bits per heavy atom. The van der Waals surface area contributed by atoms with Crippen LogP contribution in [0.15, 0.2) is 6.33 Å². The van der Waals surface area contributed by atoms with Gasteiger partial charge in [-0.2, -0.15) is 0 Å². The Bertz CT molecular complexity index is 338. The van der Waals surface area contributed by atoms with Crippen molar-refractivity contribution in [2.75, 3.05) is 0 Å². The maximum absolute atomic E-state index is 4.38. The van der Waals surface area contributed by atoms with E-state index in [1.165, 1.54) is 23.0 Å². The molecule has 1 aromatic rings. The summed E-state index contributed by atoms with van der Waals surface area (Å²) in [5, 5.41) is 0. The van der Waals surface area contributed by atoms with E-state index in [4.69, 9.17) is 0 Å². The van der Waals surface area contributed by atoms with Crippen LogP contribution in [0.3, 0.4) is 0 Å². The van der Waals surface area contributed by atoms with Crippen LogP contribution in [0.5, 0.6) is 0 Å². The minimum atomic E-state index is 0.673. The summed E-state index contributed by atoms with van der Waals surface area (Å²) in [5.41, 5.74) is 0. The van der Waals surface area contributed by atoms with Crippen molar-refractivity contribution >= 4 is 45.2 Å². The molecule has 0 radical (unpaired) electrons. The third-order valence-corrected chi connectivity index (χ3v) is 6.13. The van der Waals surface area contributed by atoms with Gasteiger partial charge in [0.25, 0.3) is 0 Å². The highest BCUT2D eigenvalue weighted by atomic mass is 127. The van der Waals surface area contributed by atoms with Gasteiger partial charge in [-0.05, 0) is 76.3 Å². The van der Waals surface area contributed by atoms with E-state index in [0.29, 0.717) is 6.04 Å². The van der Waals surface area contributed by atoms with Crippen LogP contribution in [-0.2, 0) is 0 Å². The Morgan fingerprint density at radius 1 is 1.20 bits per heavy atom. The molecule has 1 aliphatic carbocycles. The van der Waals surface area contributed by atoms with Crippen molar-refractivity contribution < 1.29 is 0 Å². The maximum atomic E-state index is 4.38. The smallest absolute Gasteiger partial charge is 0.132 e. The fourth-order valence-electron chi connectivity index (χ4n) is 2.71. The van der Waals surface area contributed by atoms with Crippen LogP contribution in [0.1, 0.15) is 39.2 Å². The van der Waals surface area contributed by atoms with E-state index in [-0.39, 0.29) is 0 Å². The monoisotopic (exact) mass is 430 g/mol. The van der Waals surface area contributed by atoms with Gasteiger partial charge in [0.05, 0.1) is 6.33 Å². The Labute approximate surface area is 119 Å². The Balaban J connectivity index is 2.20. The second kappa shape index (κ2) is 4.89. The number of rotatable bonds is 1. The lowest BCUT2D eigenvalue weighted by molar-refractivity contribution is 0.219. The number of hydrogen-bond donors (Lipinski definition) is 0. The van der Waals surface area contributed by atoms with Gasteiger partial charge in [0.1, 0.15) is 7.40 Å². The molecule has 0 aliphatic heterocycles. The van der Waals surface area contributed by atoms with Crippen LogP contribution >= 0.6 is 45.2 Å². The molecule has 0 amide bonds. The highest BCUT2D eigenvalue weighted by Gasteiger charge is 2.26. The molecule has 1 aromatic heterocycles. The molecule has 2 nitrogen and oxygen atoms in total. The molecule has 1 heterocycles. The van der Waals surface area contributed by atoms with Gasteiger partial charge in [0, 0.05) is 6.04 Å². The molecule has 0 N–H and O–H groups in total. The topological polar surface area (TPSA) is 17.8 Å². The van der Waals surface area contributed by atoms with Gasteiger partial charge in [-0.15, -0.1) is 0 Å². The fraction of sp³-hybridized carbons (Fsp3) is 0.727. The molecule has 2 rings (SSSR count). The van der Waals surface area contributed by atoms with Crippen LogP contribution in [0, 0.1) is 19.2 Å². The van der Waals surface area contributed by atoms with Gasteiger partial charge in [-0.3, -0.25) is 0 Å². The van der Waals surface area contributed by atoms with E-state index in [1.54, 1.807) is 0 Å². The zero-order valence-electron chi connectivity index (χ0n) is 9.08. The summed E-state index contributed by atoms with van der Waals surface area (Å²) in [6.07, 6.45) is 6.03. The van der Waals surface area contributed by atoms with Gasteiger partial charge in [-0.25, -0.2) is 4.98 Å². The van der Waals surface area contributed by atoms with Crippen LogP contribution in [0.2, 0.25) is 0 Å². The largest absolute Gasteiger partial charge is 0.322 e. The van der Waals surface area contributed by atoms with Gasteiger partial charge in [0.15, 0.2) is 0 Å². The van der Waals surface area contributed by atoms with Crippen LogP contribution < -0.4 is 0 Å². The van der Waals surface area contributed by atoms with Crippen molar-refractivity contribution in [3.05, 3.63) is 13.7 Å². The first-order valence-electron chi connectivity index (χ1n) is 5.45. The standard InChI is InChI=1S/C11H16I2N2/c1-7-3-8(2)5-9(4-7)15-6-14-10(12)11(15)13/h6-9H,3-5H2,1-2H3. The first-order chi connectivity index (χ1) is 7.08. The van der Waals surface area contributed by atoms with E-state index in [2.05, 4.69) is 68.6 Å². The highest BCUT2D eigenvalue weighted by molar-refractivity contribution is 14.1. The zero-order chi connectivity index (χ0) is 11.0. The molecule has 4 heteroatoms. The van der Waals surface area contributed by atoms with Crippen molar-refractivity contribution in [1.82, 2.24) is 9.55 Å². The third kappa shape index (κ3) is 2.68. The van der Waals surface area contributed by atoms with Gasteiger partial charge in [0.2, 0.25) is 0 Å². The lowest BCUT2D eigenvalue weighted by atomic mass is 9.80. The van der Waals surface area contributed by atoms with Crippen molar-refractivity contribution in [3.63, 3.8) is 0 Å². The lowest BCUT2D eigenvalue weighted by Gasteiger charge is -2.32. The van der Waals surface area contributed by atoms with Crippen molar-refractivity contribution in [1.29, 1.82) is 0 Å². The first kappa shape index (κ1) is 12.1. The summed E-state index contributed by atoms with van der Waals surface area (Å²) in [7, 11) is 0. The van der Waals surface area contributed by atoms with Gasteiger partial charge in [-0.1, -0.05) is 13.8 Å². The molecular formula is C11H16I2N2. The predicted octanol–water partition coefficient (Wildman–Crippen LogP) is 4.09. The molecular weight excluding hydrogens is 414 g/mol. The van der Waals surface area contributed by atoms with E-state index in [1.807, 2.05) is 6.33 Å². The first-order valence-corrected chi connectivity index (χ1v) is 7.61. The Kier molecular flexibility index (Phi) is 3.96. The number of hydrogen-bond acceptors (Lipinski definition) is 1. The van der Waals surface area contributed by atoms with Crippen LogP contribution in [0.25, 0.3) is 0 Å². The van der Waals surface area contributed by atoms with E-state index < -0.39 is 0 Å². The molecule has 0 aromatic carbocycles. The average Bonchev–Trinajstić information content (AvgIpc) is 2.46. The van der Waals surface area contributed by atoms with Crippen LogP contribution in [-0.4, -0.2) is 9.55 Å². The normalized spacial score (nSPS) is 31.9. The van der Waals surface area contributed by atoms with E-state index in [9.17, 15) is 0 Å². The third-order valence-electron chi connectivity index (χ3n) is 3.24. The van der Waals surface area contributed by atoms with E-state index in [0.717, 1.165) is 15.5 Å². The Morgan fingerprint density at radius 3 is 2.27 bits per heavy atom. The highest BCUT2D eigenvalue weighted by Crippen LogP contribution is 2.37. The van der Waals surface area contributed by atoms with Gasteiger partial charge < -0.3 is 4.57 Å². The minimum Gasteiger partial charge on any atom is -0.322 e. The number of imidazole rings is 1. The molecule has 1 aliphatic rings. The molecule has 15 heavy (non-hydrogen) atoms. The molecule has 0 saturated heterocycles. The Hall–Kier alpha value is 0.670. The molecule has 1 saturated carbocycles. The molecule has 0 bridgehead atoms. The van der Waals surface area contributed by atoms with Crippen LogP contribution in [0.4, 0.5) is 0 Å². The molecule has 84 valence electrons. The number of halogens is 2. The second-order valence-corrected chi connectivity index (χ2v) is 6.85. The number of nitrogens with zero attached hydrogens (tertiary/aromatic N) is 2. The number of aromatic nitrogens is 2. The zero-order valence-corrected chi connectivity index (χ0v) is 13.4. The minimum absolute atomic E-state index is 0.673. The fourth-order valence-corrected chi connectivity index (χ4v) is 3.77. The molecule has 2 unspecified atom stereocenters. The lowest BCUT2D eigenvalue weighted by Crippen LogP contribution is -2.23. The summed E-state index contributed by atoms with van der Waals surface area (Å²) in [6, 6.07) is 0.673.